The summed E-state index contributed by atoms with van der Waals surface area (Å²) >= 11 is 5.88. The van der Waals surface area contributed by atoms with Crippen molar-refractivity contribution in [3.8, 4) is 6.07 Å². The van der Waals surface area contributed by atoms with Crippen LogP contribution in [0, 0.1) is 11.3 Å². The Kier molecular flexibility index (Phi) is 7.52. The van der Waals surface area contributed by atoms with Crippen LogP contribution in [0.25, 0.3) is 0 Å². The molecule has 23 heavy (non-hydrogen) atoms. The summed E-state index contributed by atoms with van der Waals surface area (Å²) < 4.78 is 0. The van der Waals surface area contributed by atoms with Gasteiger partial charge in [0.2, 0.25) is 11.8 Å². The van der Waals surface area contributed by atoms with Crippen LogP contribution in [0.1, 0.15) is 19.4 Å². The van der Waals surface area contributed by atoms with Crippen molar-refractivity contribution >= 4 is 29.1 Å². The second-order valence-corrected chi connectivity index (χ2v) is 5.52. The molecule has 124 valence electrons. The number of likely N-dealkylation sites (N-methyl/N-ethyl adjacent to an activating group) is 2. The maximum absolute atomic E-state index is 12.1. The summed E-state index contributed by atoms with van der Waals surface area (Å²) in [6.45, 7) is 5.32. The van der Waals surface area contributed by atoms with Gasteiger partial charge in [-0.1, -0.05) is 11.6 Å². The number of nitrogens with zero attached hydrogens (tertiary/aromatic N) is 3. The van der Waals surface area contributed by atoms with Crippen LogP contribution >= 0.6 is 11.6 Å². The molecule has 6 nitrogen and oxygen atoms in total. The van der Waals surface area contributed by atoms with Crippen LogP contribution in [0.2, 0.25) is 5.02 Å². The third kappa shape index (κ3) is 5.89. The van der Waals surface area contributed by atoms with Crippen LogP contribution < -0.4 is 5.32 Å². The highest BCUT2D eigenvalue weighted by Gasteiger charge is 2.15. The van der Waals surface area contributed by atoms with E-state index in [9.17, 15) is 9.59 Å². The number of nitriles is 1. The molecular formula is C16H21ClN4O2. The fourth-order valence-electron chi connectivity index (χ4n) is 2.12. The van der Waals surface area contributed by atoms with E-state index >= 15 is 0 Å². The Morgan fingerprint density at radius 3 is 2.48 bits per heavy atom. The molecule has 1 N–H and O–H groups in total. The van der Waals surface area contributed by atoms with Crippen molar-refractivity contribution in [3.05, 3.63) is 28.8 Å². The van der Waals surface area contributed by atoms with Gasteiger partial charge in [0.15, 0.2) is 0 Å². The number of hydrogen-bond donors (Lipinski definition) is 1. The molecular weight excluding hydrogens is 316 g/mol. The SMILES string of the molecule is CCN(CC)C(=O)CN(C)CC(=O)Nc1cc(Cl)ccc1C#N. The Hall–Kier alpha value is -2.10. The van der Waals surface area contributed by atoms with E-state index in [2.05, 4.69) is 5.32 Å². The molecule has 0 saturated carbocycles. The summed E-state index contributed by atoms with van der Waals surface area (Å²) in [5, 5.41) is 12.1. The summed E-state index contributed by atoms with van der Waals surface area (Å²) in [5.74, 6) is -0.329. The van der Waals surface area contributed by atoms with Crippen molar-refractivity contribution in [1.82, 2.24) is 9.80 Å². The predicted octanol–water partition coefficient (Wildman–Crippen LogP) is 1.95. The molecule has 0 heterocycles. The van der Waals surface area contributed by atoms with Crippen LogP contribution in [0.15, 0.2) is 18.2 Å². The van der Waals surface area contributed by atoms with E-state index in [1.807, 2.05) is 19.9 Å². The van der Waals surface area contributed by atoms with E-state index in [0.717, 1.165) is 0 Å². The Morgan fingerprint density at radius 2 is 1.91 bits per heavy atom. The lowest BCUT2D eigenvalue weighted by molar-refractivity contribution is -0.132. The molecule has 1 aromatic carbocycles. The number of benzene rings is 1. The maximum atomic E-state index is 12.1. The fourth-order valence-corrected chi connectivity index (χ4v) is 2.29. The lowest BCUT2D eigenvalue weighted by atomic mass is 10.2. The van der Waals surface area contributed by atoms with Crippen molar-refractivity contribution in [2.45, 2.75) is 13.8 Å². The molecule has 0 aliphatic rings. The van der Waals surface area contributed by atoms with Gasteiger partial charge in [-0.05, 0) is 39.1 Å². The lowest BCUT2D eigenvalue weighted by Crippen LogP contribution is -2.41. The first-order chi connectivity index (χ1) is 10.9. The lowest BCUT2D eigenvalue weighted by Gasteiger charge is -2.22. The highest BCUT2D eigenvalue weighted by Crippen LogP contribution is 2.20. The number of rotatable bonds is 7. The highest BCUT2D eigenvalue weighted by molar-refractivity contribution is 6.31. The minimum atomic E-state index is -0.307. The second kappa shape index (κ2) is 9.13. The maximum Gasteiger partial charge on any atom is 0.238 e. The van der Waals surface area contributed by atoms with Crippen LogP contribution in [0.4, 0.5) is 5.69 Å². The molecule has 0 spiro atoms. The molecule has 0 aliphatic carbocycles. The molecule has 1 aromatic rings. The standard InChI is InChI=1S/C16H21ClN4O2/c1-4-21(5-2)16(23)11-20(3)10-15(22)19-14-8-13(17)7-6-12(14)9-18/h6-8H,4-5,10-11H2,1-3H3,(H,19,22). The first-order valence-corrected chi connectivity index (χ1v) is 7.74. The molecule has 1 rings (SSSR count). The van der Waals surface area contributed by atoms with E-state index in [4.69, 9.17) is 16.9 Å². The van der Waals surface area contributed by atoms with Crippen LogP contribution in [-0.4, -0.2) is 54.8 Å². The van der Waals surface area contributed by atoms with Gasteiger partial charge in [-0.3, -0.25) is 14.5 Å². The van der Waals surface area contributed by atoms with Crippen molar-refractivity contribution in [3.63, 3.8) is 0 Å². The van der Waals surface area contributed by atoms with Gasteiger partial charge in [0.25, 0.3) is 0 Å². The highest BCUT2D eigenvalue weighted by atomic mass is 35.5. The molecule has 7 heteroatoms. The van der Waals surface area contributed by atoms with E-state index in [1.54, 1.807) is 29.0 Å². The Morgan fingerprint density at radius 1 is 1.26 bits per heavy atom. The molecule has 0 aliphatic heterocycles. The fraction of sp³-hybridized carbons (Fsp3) is 0.438. The van der Waals surface area contributed by atoms with Crippen molar-refractivity contribution in [1.29, 1.82) is 5.26 Å². The van der Waals surface area contributed by atoms with Gasteiger partial charge < -0.3 is 10.2 Å². The average molecular weight is 337 g/mol. The van der Waals surface area contributed by atoms with Gasteiger partial charge in [0, 0.05) is 18.1 Å². The number of nitrogens with one attached hydrogen (secondary N) is 1. The van der Waals surface area contributed by atoms with E-state index in [0.29, 0.717) is 29.4 Å². The Labute approximate surface area is 141 Å². The zero-order valence-corrected chi connectivity index (χ0v) is 14.4. The molecule has 0 saturated heterocycles. The summed E-state index contributed by atoms with van der Waals surface area (Å²) in [7, 11) is 1.70. The Bertz CT molecular complexity index is 609. The number of carbonyl (C=O) groups excluding carboxylic acids is 2. The number of carbonyl (C=O) groups is 2. The van der Waals surface area contributed by atoms with Gasteiger partial charge in [0.1, 0.15) is 6.07 Å². The Balaban J connectivity index is 2.62. The molecule has 0 unspecified atom stereocenters. The van der Waals surface area contributed by atoms with Gasteiger partial charge in [-0.2, -0.15) is 5.26 Å². The summed E-state index contributed by atoms with van der Waals surface area (Å²) in [6, 6.07) is 6.66. The molecule has 0 atom stereocenters. The van der Waals surface area contributed by atoms with Gasteiger partial charge in [-0.15, -0.1) is 0 Å². The smallest absolute Gasteiger partial charge is 0.238 e. The first-order valence-electron chi connectivity index (χ1n) is 7.37. The van der Waals surface area contributed by atoms with Gasteiger partial charge >= 0.3 is 0 Å². The van der Waals surface area contributed by atoms with Crippen molar-refractivity contribution in [2.75, 3.05) is 38.5 Å². The molecule has 2 amide bonds. The minimum Gasteiger partial charge on any atom is -0.342 e. The monoisotopic (exact) mass is 336 g/mol. The molecule has 0 fully saturated rings. The number of halogens is 1. The largest absolute Gasteiger partial charge is 0.342 e. The quantitative estimate of drug-likeness (QED) is 0.825. The molecule has 0 bridgehead atoms. The topological polar surface area (TPSA) is 76.4 Å². The molecule has 0 radical (unpaired) electrons. The van der Waals surface area contributed by atoms with Crippen LogP contribution in [0.3, 0.4) is 0 Å². The van der Waals surface area contributed by atoms with Crippen molar-refractivity contribution in [2.24, 2.45) is 0 Å². The zero-order chi connectivity index (χ0) is 17.4. The van der Waals surface area contributed by atoms with Gasteiger partial charge in [0.05, 0.1) is 24.3 Å². The summed E-state index contributed by atoms with van der Waals surface area (Å²) in [5.41, 5.74) is 0.707. The first kappa shape index (κ1) is 18.9. The van der Waals surface area contributed by atoms with E-state index < -0.39 is 0 Å². The second-order valence-electron chi connectivity index (χ2n) is 5.09. The average Bonchev–Trinajstić information content (AvgIpc) is 2.48. The summed E-state index contributed by atoms with van der Waals surface area (Å²) in [6.07, 6.45) is 0. The summed E-state index contributed by atoms with van der Waals surface area (Å²) in [4.78, 5) is 27.4. The number of hydrogen-bond acceptors (Lipinski definition) is 4. The van der Waals surface area contributed by atoms with Gasteiger partial charge in [-0.25, -0.2) is 0 Å². The van der Waals surface area contributed by atoms with Crippen molar-refractivity contribution < 1.29 is 9.59 Å². The number of anilines is 1. The third-order valence-corrected chi connectivity index (χ3v) is 3.55. The number of amides is 2. The predicted molar refractivity (Wildman–Crippen MR) is 90.2 cm³/mol. The normalized spacial score (nSPS) is 10.3. The molecule has 0 aromatic heterocycles. The van der Waals surface area contributed by atoms with Crippen LogP contribution in [-0.2, 0) is 9.59 Å². The van der Waals surface area contributed by atoms with Crippen LogP contribution in [0.5, 0.6) is 0 Å². The van der Waals surface area contributed by atoms with E-state index in [-0.39, 0.29) is 24.9 Å². The third-order valence-electron chi connectivity index (χ3n) is 3.31. The zero-order valence-electron chi connectivity index (χ0n) is 13.6. The minimum absolute atomic E-state index is 0.0224. The van der Waals surface area contributed by atoms with E-state index in [1.165, 1.54) is 6.07 Å².